The standard InChI is InChI=1S/C64H108N18O14S/c1-97-37-30-49(79-59(91)48(28-29-53(84)85)78-61(93)52(39-41-24-26-42(83)27-25-41)82-62(94)51(38-40-16-3-2-4-17-40)81-54(86)43(70)18-15-36-73-64(71)72)60(92)77-46(21-7-12-33-67)57(89)75-44(19-5-10-31-65)55(87)74-45(20-6-11-32-66)56(88)76-47(22-8-13-34-68)58(90)80-50(63(95)96)23-9-14-35-69/h2-4,16-17,24-27,43-52,83H,5-15,18-23,28-39,65-70H2,1H3,(H,74,87)(H,75,89)(H,76,88)(H,77,92)(H,78,93)(H,79,91)(H,80,90)(H,81,86)(H,82,94)(H,84,85)(H,95,96)(H4,71,72,73)/t43-,44-,45-,46-,47-,48-,49-,50-,51-,52-/m0/s1. The van der Waals surface area contributed by atoms with Crippen LogP contribution in [0.5, 0.6) is 5.75 Å². The van der Waals surface area contributed by atoms with Crippen LogP contribution in [0.4, 0.5) is 0 Å². The molecule has 9 amide bonds. The fourth-order valence-corrected chi connectivity index (χ4v) is 10.6. The van der Waals surface area contributed by atoms with Gasteiger partial charge in [0.1, 0.15) is 60.1 Å². The molecule has 97 heavy (non-hydrogen) atoms. The van der Waals surface area contributed by atoms with E-state index in [1.165, 1.54) is 36.0 Å². The van der Waals surface area contributed by atoms with Gasteiger partial charge in [-0.05, 0) is 190 Å². The number of phenolic OH excluding ortho intramolecular Hbond substituents is 1. The molecule has 10 atom stereocenters. The number of aliphatic imine (C=N–C) groups is 1. The molecule has 0 radical (unpaired) electrons. The zero-order chi connectivity index (χ0) is 72.1. The van der Waals surface area contributed by atoms with Gasteiger partial charge in [-0.15, -0.1) is 0 Å². The van der Waals surface area contributed by atoms with Crippen molar-refractivity contribution >= 4 is 82.8 Å². The number of carbonyl (C=O) groups is 11. The number of thioether (sulfide) groups is 1. The number of amides is 9. The van der Waals surface area contributed by atoms with Crippen LogP contribution in [0.15, 0.2) is 59.6 Å². The van der Waals surface area contributed by atoms with Crippen LogP contribution in [0.1, 0.15) is 140 Å². The zero-order valence-corrected chi connectivity index (χ0v) is 56.6. The summed E-state index contributed by atoms with van der Waals surface area (Å²) in [6.45, 7) is 1.48. The van der Waals surface area contributed by atoms with E-state index in [4.69, 9.17) is 45.9 Å². The maximum absolute atomic E-state index is 14.6. The molecule has 0 fully saturated rings. The number of nitrogens with two attached hydrogens (primary N) is 8. The summed E-state index contributed by atoms with van der Waals surface area (Å²) in [5.41, 5.74) is 47.0. The summed E-state index contributed by atoms with van der Waals surface area (Å²) < 4.78 is 0. The first-order chi connectivity index (χ1) is 46.4. The van der Waals surface area contributed by atoms with E-state index in [9.17, 15) is 68.1 Å². The number of carbonyl (C=O) groups excluding carboxylic acids is 9. The van der Waals surface area contributed by atoms with Gasteiger partial charge in [0.2, 0.25) is 53.2 Å². The minimum Gasteiger partial charge on any atom is -0.508 e. The Hall–Kier alpha value is -8.21. The number of hydrogen-bond donors (Lipinski definition) is 20. The Bertz CT molecular complexity index is 2770. The summed E-state index contributed by atoms with van der Waals surface area (Å²) in [5.74, 6) is -10.1. The Labute approximate surface area is 571 Å². The van der Waals surface area contributed by atoms with Crippen molar-refractivity contribution < 1.29 is 68.1 Å². The number of unbranched alkanes of at least 4 members (excludes halogenated alkanes) is 5. The van der Waals surface area contributed by atoms with Crippen molar-refractivity contribution in [3.05, 3.63) is 65.7 Å². The zero-order valence-electron chi connectivity index (χ0n) is 55.8. The first-order valence-electron chi connectivity index (χ1n) is 33.2. The highest BCUT2D eigenvalue weighted by Gasteiger charge is 2.36. The first-order valence-corrected chi connectivity index (χ1v) is 34.6. The molecule has 0 unspecified atom stereocenters. The fourth-order valence-electron chi connectivity index (χ4n) is 10.1. The predicted octanol–water partition coefficient (Wildman–Crippen LogP) is -2.73. The molecule has 0 heterocycles. The van der Waals surface area contributed by atoms with Crippen LogP contribution >= 0.6 is 11.8 Å². The molecule has 0 saturated heterocycles. The van der Waals surface area contributed by atoms with Gasteiger partial charge in [0.25, 0.3) is 0 Å². The van der Waals surface area contributed by atoms with Crippen LogP contribution in [-0.2, 0) is 65.6 Å². The molecule has 33 heteroatoms. The van der Waals surface area contributed by atoms with Crippen LogP contribution in [0.3, 0.4) is 0 Å². The lowest BCUT2D eigenvalue weighted by atomic mass is 10.0. The number of aliphatic carboxylic acids is 2. The average Bonchev–Trinajstić information content (AvgIpc) is 0.960. The Morgan fingerprint density at radius 1 is 0.402 bits per heavy atom. The first kappa shape index (κ1) is 84.9. The number of nitrogens with one attached hydrogen (secondary N) is 9. The van der Waals surface area contributed by atoms with Crippen LogP contribution in [0.2, 0.25) is 0 Å². The smallest absolute Gasteiger partial charge is 0.326 e. The third-order valence-corrected chi connectivity index (χ3v) is 16.3. The number of rotatable bonds is 53. The minimum absolute atomic E-state index is 0.0127. The number of benzene rings is 2. The molecule has 2 rings (SSSR count). The van der Waals surface area contributed by atoms with Crippen molar-refractivity contribution in [3.63, 3.8) is 0 Å². The summed E-state index contributed by atoms with van der Waals surface area (Å²) >= 11 is 1.31. The molecule has 0 aromatic heterocycles. The number of nitrogens with zero attached hydrogens (tertiary/aromatic N) is 1. The van der Waals surface area contributed by atoms with Gasteiger partial charge in [-0.1, -0.05) is 42.5 Å². The van der Waals surface area contributed by atoms with E-state index < -0.39 is 138 Å². The molecule has 2 aromatic rings. The number of aromatic hydroxyl groups is 1. The largest absolute Gasteiger partial charge is 0.508 e. The van der Waals surface area contributed by atoms with Crippen LogP contribution in [-0.4, -0.2) is 198 Å². The molecule has 0 spiro atoms. The van der Waals surface area contributed by atoms with Gasteiger partial charge >= 0.3 is 11.9 Å². The van der Waals surface area contributed by atoms with Crippen LogP contribution < -0.4 is 93.7 Å². The number of carboxylic acids is 2. The van der Waals surface area contributed by atoms with Gasteiger partial charge in [0, 0.05) is 25.8 Å². The highest BCUT2D eigenvalue weighted by molar-refractivity contribution is 7.98. The topological polar surface area (TPSA) is 577 Å². The molecular formula is C64H108N18O14S. The third-order valence-electron chi connectivity index (χ3n) is 15.6. The summed E-state index contributed by atoms with van der Waals surface area (Å²) in [7, 11) is 0. The van der Waals surface area contributed by atoms with E-state index in [-0.39, 0.29) is 108 Å². The molecule has 0 aliphatic rings. The highest BCUT2D eigenvalue weighted by Crippen LogP contribution is 2.16. The fraction of sp³-hybridized carbons (Fsp3) is 0.625. The van der Waals surface area contributed by atoms with Gasteiger partial charge in [0.15, 0.2) is 5.96 Å². The number of hydrogen-bond acceptors (Lipinski definition) is 20. The molecular weight excluding hydrogens is 1280 g/mol. The second-order valence-corrected chi connectivity index (χ2v) is 24.6. The van der Waals surface area contributed by atoms with Crippen molar-refractivity contribution in [1.82, 2.24) is 47.9 Å². The molecule has 544 valence electrons. The lowest BCUT2D eigenvalue weighted by Gasteiger charge is -2.28. The Kier molecular flexibility index (Phi) is 43.2. The van der Waals surface area contributed by atoms with Crippen molar-refractivity contribution in [1.29, 1.82) is 0 Å². The van der Waals surface area contributed by atoms with Crippen molar-refractivity contribution in [2.45, 2.75) is 202 Å². The van der Waals surface area contributed by atoms with Gasteiger partial charge in [-0.3, -0.25) is 52.9 Å². The van der Waals surface area contributed by atoms with E-state index in [1.807, 2.05) is 0 Å². The Morgan fingerprint density at radius 3 is 1.07 bits per heavy atom. The van der Waals surface area contributed by atoms with E-state index in [0.29, 0.717) is 88.3 Å². The molecule has 0 aliphatic carbocycles. The van der Waals surface area contributed by atoms with E-state index >= 15 is 0 Å². The van der Waals surface area contributed by atoms with Crippen LogP contribution in [0, 0.1) is 0 Å². The normalized spacial score (nSPS) is 14.2. The summed E-state index contributed by atoms with van der Waals surface area (Å²) in [6, 6.07) is 0.806. The van der Waals surface area contributed by atoms with Gasteiger partial charge in [-0.25, -0.2) is 4.79 Å². The number of guanidine groups is 1. The maximum atomic E-state index is 14.6. The Morgan fingerprint density at radius 2 is 0.722 bits per heavy atom. The van der Waals surface area contributed by atoms with E-state index in [1.54, 1.807) is 36.6 Å². The predicted molar refractivity (Wildman–Crippen MR) is 369 cm³/mol. The number of phenols is 1. The SMILES string of the molecule is CSCC[C@H](NC(=O)[C@H](CCC(=O)O)NC(=O)[C@H](Cc1ccc(O)cc1)NC(=O)[C@H](Cc1ccccc1)NC(=O)[C@@H](N)CCCN=C(N)N)C(=O)N[C@@H](CCCCN)C(=O)N[C@@H](CCCCN)C(=O)N[C@@H](CCCCN)C(=O)N[C@@H](CCCCN)C(=O)N[C@@H](CCCCN)C(=O)O. The monoisotopic (exact) mass is 1380 g/mol. The van der Waals surface area contributed by atoms with Gasteiger partial charge in [-0.2, -0.15) is 11.8 Å². The average molecular weight is 1390 g/mol. The molecule has 0 aliphatic heterocycles. The lowest BCUT2D eigenvalue weighted by Crippen LogP contribution is -2.61. The quantitative estimate of drug-likeness (QED) is 0.0182. The molecule has 0 bridgehead atoms. The third kappa shape index (κ3) is 35.6. The molecule has 28 N–H and O–H groups in total. The maximum Gasteiger partial charge on any atom is 0.326 e. The Balaban J connectivity index is 2.57. The second-order valence-electron chi connectivity index (χ2n) is 23.6. The molecule has 0 saturated carbocycles. The van der Waals surface area contributed by atoms with Crippen LogP contribution in [0.25, 0.3) is 0 Å². The van der Waals surface area contributed by atoms with Crippen molar-refractivity contribution in [2.24, 2.45) is 50.9 Å². The highest BCUT2D eigenvalue weighted by atomic mass is 32.2. The van der Waals surface area contributed by atoms with E-state index in [2.05, 4.69) is 52.8 Å². The van der Waals surface area contributed by atoms with Gasteiger partial charge in [0.05, 0.1) is 6.04 Å². The van der Waals surface area contributed by atoms with Crippen molar-refractivity contribution in [3.8, 4) is 5.75 Å². The second kappa shape index (κ2) is 49.3. The molecule has 32 nitrogen and oxygen atoms in total. The lowest BCUT2D eigenvalue weighted by molar-refractivity contribution is -0.142. The summed E-state index contributed by atoms with van der Waals surface area (Å²) in [4.78, 5) is 157. The van der Waals surface area contributed by atoms with Crippen molar-refractivity contribution in [2.75, 3.05) is 51.3 Å². The summed E-state index contributed by atoms with van der Waals surface area (Å²) in [6.07, 6.45) is 4.93. The van der Waals surface area contributed by atoms with Gasteiger partial charge < -0.3 is 109 Å². The summed E-state index contributed by atoms with van der Waals surface area (Å²) in [5, 5.41) is 53.8. The minimum atomic E-state index is -1.66. The van der Waals surface area contributed by atoms with E-state index in [0.717, 1.165) is 0 Å². The number of carboxylic acid groups (broad SMARTS) is 2. The molecule has 2 aromatic carbocycles.